The van der Waals surface area contributed by atoms with Gasteiger partial charge in [0, 0.05) is 46.1 Å². The summed E-state index contributed by atoms with van der Waals surface area (Å²) in [7, 11) is 1.59. The van der Waals surface area contributed by atoms with Crippen LogP contribution in [0.3, 0.4) is 0 Å². The van der Waals surface area contributed by atoms with Gasteiger partial charge < -0.3 is 9.80 Å². The van der Waals surface area contributed by atoms with Crippen molar-refractivity contribution in [3.05, 3.63) is 0 Å². The van der Waals surface area contributed by atoms with Crippen molar-refractivity contribution < 1.29 is 14.4 Å². The number of piperidine rings is 1. The van der Waals surface area contributed by atoms with Crippen LogP contribution in [-0.4, -0.2) is 71.5 Å². The maximum Gasteiger partial charge on any atom is 0.270 e. The Morgan fingerprint density at radius 2 is 1.86 bits per heavy atom. The second-order valence-electron chi connectivity index (χ2n) is 9.41. The monoisotopic (exact) mass is 402 g/mol. The van der Waals surface area contributed by atoms with Gasteiger partial charge in [-0.2, -0.15) is 5.10 Å². The van der Waals surface area contributed by atoms with Crippen LogP contribution in [0.1, 0.15) is 70.6 Å². The first-order valence-electron chi connectivity index (χ1n) is 11.4. The van der Waals surface area contributed by atoms with Crippen LogP contribution in [0.4, 0.5) is 0 Å². The van der Waals surface area contributed by atoms with E-state index in [2.05, 4.69) is 10.0 Å². The summed E-state index contributed by atoms with van der Waals surface area (Å²) in [6.07, 6.45) is 11.2. The number of nitrogens with zero attached hydrogens (tertiary/aromatic N) is 4. The number of rotatable bonds is 4. The maximum absolute atomic E-state index is 13.4. The topological polar surface area (TPSA) is 73.3 Å². The van der Waals surface area contributed by atoms with Crippen molar-refractivity contribution in [3.8, 4) is 0 Å². The van der Waals surface area contributed by atoms with Crippen LogP contribution in [0.2, 0.25) is 0 Å². The Labute approximate surface area is 173 Å². The van der Waals surface area contributed by atoms with E-state index in [9.17, 15) is 14.4 Å². The second kappa shape index (κ2) is 8.44. The first kappa shape index (κ1) is 20.4. The van der Waals surface area contributed by atoms with Crippen molar-refractivity contribution in [2.45, 2.75) is 70.6 Å². The van der Waals surface area contributed by atoms with E-state index in [1.807, 2.05) is 0 Å². The van der Waals surface area contributed by atoms with Gasteiger partial charge in [0.1, 0.15) is 5.71 Å². The molecule has 1 aliphatic carbocycles. The fourth-order valence-corrected chi connectivity index (χ4v) is 5.61. The summed E-state index contributed by atoms with van der Waals surface area (Å²) >= 11 is 0. The Morgan fingerprint density at radius 3 is 2.62 bits per heavy atom. The Kier molecular flexibility index (Phi) is 5.93. The molecule has 0 aromatic rings. The fraction of sp³-hybridized carbons (Fsp3) is 0.818. The second-order valence-corrected chi connectivity index (χ2v) is 9.41. The summed E-state index contributed by atoms with van der Waals surface area (Å²) in [5.74, 6) is 0.872. The number of hydrogen-bond donors (Lipinski definition) is 0. The average Bonchev–Trinajstić information content (AvgIpc) is 3.16. The van der Waals surface area contributed by atoms with E-state index in [4.69, 9.17) is 0 Å². The van der Waals surface area contributed by atoms with Gasteiger partial charge in [-0.3, -0.25) is 14.4 Å². The number of carbonyl (C=O) groups is 3. The van der Waals surface area contributed by atoms with Crippen molar-refractivity contribution in [1.82, 2.24) is 14.8 Å². The molecule has 29 heavy (non-hydrogen) atoms. The van der Waals surface area contributed by atoms with Gasteiger partial charge in [-0.1, -0.05) is 32.1 Å². The van der Waals surface area contributed by atoms with Gasteiger partial charge >= 0.3 is 0 Å². The Hall–Kier alpha value is -1.92. The molecule has 0 aromatic heterocycles. The number of likely N-dealkylation sites (tertiary alicyclic amines) is 2. The van der Waals surface area contributed by atoms with E-state index in [0.717, 1.165) is 44.7 Å². The predicted octanol–water partition coefficient (Wildman–Crippen LogP) is 2.41. The molecule has 2 saturated heterocycles. The van der Waals surface area contributed by atoms with Gasteiger partial charge in [-0.25, -0.2) is 5.01 Å². The van der Waals surface area contributed by atoms with Gasteiger partial charge in [0.05, 0.1) is 5.41 Å². The number of carbonyl (C=O) groups excluding carboxylic acids is 3. The standard InChI is InChI=1S/C22H34N4O3/c1-24-19(27)9-8-18(23-24)20(28)26-15-12-22(16-26)11-5-13-25(21(22)29)14-10-17-6-3-2-4-7-17/h17H,2-16H2,1H3. The zero-order valence-corrected chi connectivity index (χ0v) is 17.7. The first-order chi connectivity index (χ1) is 14.0. The van der Waals surface area contributed by atoms with Gasteiger partial charge in [0.2, 0.25) is 11.8 Å². The Morgan fingerprint density at radius 1 is 1.07 bits per heavy atom. The number of hydrazone groups is 1. The molecule has 3 amide bonds. The molecular formula is C22H34N4O3. The summed E-state index contributed by atoms with van der Waals surface area (Å²) in [5.41, 5.74) is 0.0406. The van der Waals surface area contributed by atoms with Gasteiger partial charge in [0.25, 0.3) is 5.91 Å². The summed E-state index contributed by atoms with van der Waals surface area (Å²) < 4.78 is 0. The molecule has 0 radical (unpaired) electrons. The van der Waals surface area contributed by atoms with Crippen molar-refractivity contribution in [1.29, 1.82) is 0 Å². The molecule has 160 valence electrons. The quantitative estimate of drug-likeness (QED) is 0.725. The van der Waals surface area contributed by atoms with Crippen molar-refractivity contribution >= 4 is 23.4 Å². The number of hydrogen-bond acceptors (Lipinski definition) is 4. The molecule has 1 unspecified atom stereocenters. The van der Waals surface area contributed by atoms with Gasteiger partial charge in [-0.15, -0.1) is 0 Å². The minimum absolute atomic E-state index is 0.0597. The minimum atomic E-state index is -0.405. The van der Waals surface area contributed by atoms with E-state index in [0.29, 0.717) is 31.6 Å². The van der Waals surface area contributed by atoms with Crippen LogP contribution >= 0.6 is 0 Å². The van der Waals surface area contributed by atoms with Crippen LogP contribution in [0.25, 0.3) is 0 Å². The molecule has 0 N–H and O–H groups in total. The lowest BCUT2D eigenvalue weighted by Gasteiger charge is -2.40. The van der Waals surface area contributed by atoms with Crippen LogP contribution in [0.5, 0.6) is 0 Å². The first-order valence-corrected chi connectivity index (χ1v) is 11.4. The molecule has 3 heterocycles. The summed E-state index contributed by atoms with van der Waals surface area (Å²) in [4.78, 5) is 41.8. The maximum atomic E-state index is 13.4. The van der Waals surface area contributed by atoms with Crippen LogP contribution in [-0.2, 0) is 14.4 Å². The highest BCUT2D eigenvalue weighted by molar-refractivity contribution is 6.39. The Bertz CT molecular complexity index is 700. The zero-order valence-electron chi connectivity index (χ0n) is 17.7. The van der Waals surface area contributed by atoms with Gasteiger partial charge in [-0.05, 0) is 31.6 Å². The average molecular weight is 403 g/mol. The highest BCUT2D eigenvalue weighted by atomic mass is 16.2. The molecule has 3 fully saturated rings. The number of amides is 3. The zero-order chi connectivity index (χ0) is 20.4. The summed E-state index contributed by atoms with van der Waals surface area (Å²) in [6.45, 7) is 2.85. The lowest BCUT2D eigenvalue weighted by Crippen LogP contribution is -2.51. The molecule has 3 aliphatic heterocycles. The molecule has 1 saturated carbocycles. The van der Waals surface area contributed by atoms with Crippen molar-refractivity contribution in [3.63, 3.8) is 0 Å². The van der Waals surface area contributed by atoms with E-state index < -0.39 is 5.41 Å². The van der Waals surface area contributed by atoms with Crippen LogP contribution < -0.4 is 0 Å². The third-order valence-corrected chi connectivity index (χ3v) is 7.45. The lowest BCUT2D eigenvalue weighted by atomic mass is 9.78. The van der Waals surface area contributed by atoms with Crippen molar-refractivity contribution in [2.24, 2.45) is 16.4 Å². The van der Waals surface area contributed by atoms with Crippen molar-refractivity contribution in [2.75, 3.05) is 33.2 Å². The molecule has 0 bridgehead atoms. The van der Waals surface area contributed by atoms with E-state index in [1.54, 1.807) is 11.9 Å². The third kappa shape index (κ3) is 4.19. The minimum Gasteiger partial charge on any atom is -0.342 e. The highest BCUT2D eigenvalue weighted by Gasteiger charge is 2.49. The fourth-order valence-electron chi connectivity index (χ4n) is 5.61. The Balaban J connectivity index is 1.37. The van der Waals surface area contributed by atoms with Gasteiger partial charge in [0.15, 0.2) is 0 Å². The normalized spacial score (nSPS) is 29.0. The van der Waals surface area contributed by atoms with E-state index in [-0.39, 0.29) is 17.7 Å². The van der Waals surface area contributed by atoms with E-state index >= 15 is 0 Å². The van der Waals surface area contributed by atoms with Crippen LogP contribution in [0.15, 0.2) is 5.10 Å². The molecule has 7 heteroatoms. The lowest BCUT2D eigenvalue weighted by molar-refractivity contribution is -0.146. The van der Waals surface area contributed by atoms with Crippen LogP contribution in [0, 0.1) is 11.3 Å². The molecule has 7 nitrogen and oxygen atoms in total. The SMILES string of the molecule is CN1N=C(C(=O)N2CCC3(CCCN(CCC4CCCCC4)C3=O)C2)CCC1=O. The molecule has 4 aliphatic rings. The third-order valence-electron chi connectivity index (χ3n) is 7.45. The highest BCUT2D eigenvalue weighted by Crippen LogP contribution is 2.40. The molecule has 1 spiro atoms. The molecular weight excluding hydrogens is 368 g/mol. The van der Waals surface area contributed by atoms with E-state index in [1.165, 1.54) is 37.1 Å². The predicted molar refractivity (Wildman–Crippen MR) is 110 cm³/mol. The molecule has 4 rings (SSSR count). The molecule has 0 aromatic carbocycles. The molecule has 1 atom stereocenters. The summed E-state index contributed by atoms with van der Waals surface area (Å²) in [5, 5.41) is 5.44. The smallest absolute Gasteiger partial charge is 0.270 e. The largest absolute Gasteiger partial charge is 0.342 e. The summed E-state index contributed by atoms with van der Waals surface area (Å²) in [6, 6.07) is 0.